The summed E-state index contributed by atoms with van der Waals surface area (Å²) < 4.78 is 0. The first kappa shape index (κ1) is 27.3. The first-order valence-electron chi connectivity index (χ1n) is 13.3. The summed E-state index contributed by atoms with van der Waals surface area (Å²) in [5.74, 6) is 1.21. The third-order valence-electron chi connectivity index (χ3n) is 6.53. The third kappa shape index (κ3) is 16.6. The third-order valence-corrected chi connectivity index (χ3v) is 8.11. The van der Waals surface area contributed by atoms with Crippen molar-refractivity contribution >= 4 is 11.8 Å². The number of aliphatic hydroxyl groups excluding tert-OH is 1. The summed E-state index contributed by atoms with van der Waals surface area (Å²) in [5, 5.41) is 10.6. The van der Waals surface area contributed by atoms with Crippen molar-refractivity contribution in [1.29, 1.82) is 0 Å². The Kier molecular flexibility index (Phi) is 19.0. The van der Waals surface area contributed by atoms with Crippen LogP contribution in [0, 0.1) is 0 Å². The Morgan fingerprint density at radius 3 is 1.76 bits per heavy atom. The summed E-state index contributed by atoms with van der Waals surface area (Å²) in [6.45, 7) is 8.16. The molecule has 0 saturated carbocycles. The molecule has 1 rings (SSSR count). The van der Waals surface area contributed by atoms with E-state index in [1.807, 2.05) is 18.7 Å². The van der Waals surface area contributed by atoms with Gasteiger partial charge in [-0.05, 0) is 58.0 Å². The molecule has 0 aliphatic carbocycles. The second-order valence-corrected chi connectivity index (χ2v) is 10.8. The van der Waals surface area contributed by atoms with E-state index in [0.29, 0.717) is 5.25 Å². The highest BCUT2D eigenvalue weighted by molar-refractivity contribution is 7.99. The van der Waals surface area contributed by atoms with E-state index in [1.54, 1.807) is 0 Å². The van der Waals surface area contributed by atoms with Crippen molar-refractivity contribution in [2.24, 2.45) is 0 Å². The van der Waals surface area contributed by atoms with Gasteiger partial charge < -0.3 is 10.0 Å². The van der Waals surface area contributed by atoms with Crippen LogP contribution >= 0.6 is 11.8 Å². The van der Waals surface area contributed by atoms with Crippen molar-refractivity contribution in [3.05, 3.63) is 0 Å². The number of rotatable bonds is 20. The molecule has 2 unspecified atom stereocenters. The van der Waals surface area contributed by atoms with Gasteiger partial charge in [-0.25, -0.2) is 0 Å². The van der Waals surface area contributed by atoms with Gasteiger partial charge in [-0.1, -0.05) is 96.8 Å². The molecule has 3 heteroatoms. The number of likely N-dealkylation sites (tertiary alicyclic amines) is 1. The number of nitrogens with zero attached hydrogens (tertiary/aromatic N) is 1. The monoisotopic (exact) mass is 427 g/mol. The molecule has 0 aromatic carbocycles. The zero-order valence-electron chi connectivity index (χ0n) is 20.0. The van der Waals surface area contributed by atoms with E-state index in [0.717, 1.165) is 0 Å². The van der Waals surface area contributed by atoms with E-state index in [1.165, 1.54) is 141 Å². The topological polar surface area (TPSA) is 23.5 Å². The predicted molar refractivity (Wildman–Crippen MR) is 133 cm³/mol. The number of aliphatic hydroxyl groups is 1. The molecule has 0 radical (unpaired) electrons. The highest BCUT2D eigenvalue weighted by atomic mass is 32.2. The van der Waals surface area contributed by atoms with E-state index in [2.05, 4.69) is 11.8 Å². The van der Waals surface area contributed by atoms with Gasteiger partial charge in [0.1, 0.15) is 0 Å². The zero-order valence-corrected chi connectivity index (χ0v) is 20.8. The Morgan fingerprint density at radius 2 is 1.24 bits per heavy atom. The summed E-state index contributed by atoms with van der Waals surface area (Å²) in [7, 11) is 0. The minimum Gasteiger partial charge on any atom is -0.392 e. The van der Waals surface area contributed by atoms with Gasteiger partial charge in [0.2, 0.25) is 0 Å². The van der Waals surface area contributed by atoms with Crippen molar-refractivity contribution < 1.29 is 5.11 Å². The maximum absolute atomic E-state index is 10.1. The molecular formula is C26H53NOS. The average molecular weight is 428 g/mol. The fraction of sp³-hybridized carbons (Fsp3) is 1.00. The Bertz CT molecular complexity index is 331. The molecule has 1 fully saturated rings. The molecule has 0 spiro atoms. The van der Waals surface area contributed by atoms with Crippen LogP contribution in [0.4, 0.5) is 0 Å². The van der Waals surface area contributed by atoms with E-state index in [-0.39, 0.29) is 6.10 Å². The number of thioether (sulfide) groups is 1. The molecule has 1 saturated heterocycles. The van der Waals surface area contributed by atoms with Crippen molar-refractivity contribution in [2.45, 2.75) is 141 Å². The van der Waals surface area contributed by atoms with Gasteiger partial charge in [0.15, 0.2) is 0 Å². The number of hydrogen-bond donors (Lipinski definition) is 1. The lowest BCUT2D eigenvalue weighted by atomic mass is 10.0. The predicted octanol–water partition coefficient (Wildman–Crippen LogP) is 7.83. The Morgan fingerprint density at radius 1 is 0.724 bits per heavy atom. The lowest BCUT2D eigenvalue weighted by Gasteiger charge is -2.26. The zero-order chi connectivity index (χ0) is 21.0. The van der Waals surface area contributed by atoms with Gasteiger partial charge in [0.05, 0.1) is 6.10 Å². The molecule has 0 aromatic heterocycles. The molecule has 29 heavy (non-hydrogen) atoms. The van der Waals surface area contributed by atoms with Crippen LogP contribution in [0.3, 0.4) is 0 Å². The number of piperidine rings is 1. The Hall–Kier alpha value is 0.270. The SMILES string of the molecule is CCCCCCCCCCCCCCCC(SCCCN1CCCCC1)C(C)O. The Labute approximate surface area is 188 Å². The van der Waals surface area contributed by atoms with Gasteiger partial charge in [-0.15, -0.1) is 0 Å². The van der Waals surface area contributed by atoms with E-state index in [4.69, 9.17) is 0 Å². The number of unbranched alkanes of at least 4 members (excludes halogenated alkanes) is 12. The Balaban J connectivity index is 1.88. The van der Waals surface area contributed by atoms with Crippen LogP contribution in [0.25, 0.3) is 0 Å². The van der Waals surface area contributed by atoms with Gasteiger partial charge in [0, 0.05) is 5.25 Å². The molecule has 0 bridgehead atoms. The van der Waals surface area contributed by atoms with Gasteiger partial charge in [-0.3, -0.25) is 0 Å². The molecule has 2 nitrogen and oxygen atoms in total. The molecular weight excluding hydrogens is 374 g/mol. The van der Waals surface area contributed by atoms with E-state index >= 15 is 0 Å². The van der Waals surface area contributed by atoms with E-state index < -0.39 is 0 Å². The summed E-state index contributed by atoms with van der Waals surface area (Å²) >= 11 is 2.03. The minimum absolute atomic E-state index is 0.160. The minimum atomic E-state index is -0.160. The normalized spacial score (nSPS) is 17.5. The standard InChI is InChI=1S/C26H53NOS/c1-3-4-5-6-7-8-9-10-11-12-13-14-16-20-26(25(2)28)29-24-19-23-27-21-17-15-18-22-27/h25-26,28H,3-24H2,1-2H3. The fourth-order valence-corrected chi connectivity index (χ4v) is 5.74. The quantitative estimate of drug-likeness (QED) is 0.200. The molecule has 2 atom stereocenters. The van der Waals surface area contributed by atoms with Crippen molar-refractivity contribution in [2.75, 3.05) is 25.4 Å². The summed E-state index contributed by atoms with van der Waals surface area (Å²) in [5.41, 5.74) is 0. The lowest BCUT2D eigenvalue weighted by molar-refractivity contribution is 0.186. The second-order valence-electron chi connectivity index (χ2n) is 9.44. The van der Waals surface area contributed by atoms with Crippen molar-refractivity contribution in [3.63, 3.8) is 0 Å². The average Bonchev–Trinajstić information content (AvgIpc) is 2.73. The van der Waals surface area contributed by atoms with Crippen LogP contribution in [0.15, 0.2) is 0 Å². The van der Waals surface area contributed by atoms with Gasteiger partial charge in [-0.2, -0.15) is 11.8 Å². The van der Waals surface area contributed by atoms with Crippen molar-refractivity contribution in [1.82, 2.24) is 4.90 Å². The van der Waals surface area contributed by atoms with Crippen LogP contribution in [-0.4, -0.2) is 46.7 Å². The van der Waals surface area contributed by atoms with Crippen molar-refractivity contribution in [3.8, 4) is 0 Å². The molecule has 0 aromatic rings. The molecule has 1 N–H and O–H groups in total. The first-order valence-corrected chi connectivity index (χ1v) is 14.3. The van der Waals surface area contributed by atoms with Crippen LogP contribution in [0.1, 0.15) is 129 Å². The molecule has 0 amide bonds. The molecule has 1 aliphatic heterocycles. The summed E-state index contributed by atoms with van der Waals surface area (Å²) in [4.78, 5) is 2.63. The van der Waals surface area contributed by atoms with Gasteiger partial charge >= 0.3 is 0 Å². The summed E-state index contributed by atoms with van der Waals surface area (Å²) in [6.07, 6.45) is 24.9. The van der Waals surface area contributed by atoms with Gasteiger partial charge in [0.25, 0.3) is 0 Å². The highest BCUT2D eigenvalue weighted by Crippen LogP contribution is 2.23. The molecule has 1 aliphatic rings. The fourth-order valence-electron chi connectivity index (χ4n) is 4.53. The van der Waals surface area contributed by atoms with Crippen LogP contribution in [0.5, 0.6) is 0 Å². The second kappa shape index (κ2) is 20.2. The molecule has 1 heterocycles. The van der Waals surface area contributed by atoms with Crippen LogP contribution < -0.4 is 0 Å². The molecule has 174 valence electrons. The largest absolute Gasteiger partial charge is 0.392 e. The van der Waals surface area contributed by atoms with Crippen LogP contribution in [-0.2, 0) is 0 Å². The smallest absolute Gasteiger partial charge is 0.0630 e. The first-order chi connectivity index (χ1) is 14.2. The lowest BCUT2D eigenvalue weighted by Crippen LogP contribution is -2.31. The number of hydrogen-bond acceptors (Lipinski definition) is 3. The van der Waals surface area contributed by atoms with Crippen LogP contribution in [0.2, 0.25) is 0 Å². The highest BCUT2D eigenvalue weighted by Gasteiger charge is 2.15. The maximum atomic E-state index is 10.1. The summed E-state index contributed by atoms with van der Waals surface area (Å²) in [6, 6.07) is 0. The van der Waals surface area contributed by atoms with E-state index in [9.17, 15) is 5.11 Å². The maximum Gasteiger partial charge on any atom is 0.0630 e.